The number of morpholine rings is 1. The van der Waals surface area contributed by atoms with Crippen molar-refractivity contribution in [2.75, 3.05) is 33.2 Å². The Morgan fingerprint density at radius 3 is 2.41 bits per heavy atom. The molecule has 2 atom stereocenters. The molecule has 1 aliphatic heterocycles. The zero-order valence-electron chi connectivity index (χ0n) is 13.8. The highest BCUT2D eigenvalue weighted by molar-refractivity contribution is 5.94. The topological polar surface area (TPSA) is 53.6 Å². The lowest BCUT2D eigenvalue weighted by atomic mass is 10.1. The molecule has 2 unspecified atom stereocenters. The minimum atomic E-state index is -0.0181. The Kier molecular flexibility index (Phi) is 6.36. The van der Waals surface area contributed by atoms with Gasteiger partial charge in [0.05, 0.1) is 12.2 Å². The van der Waals surface area contributed by atoms with Gasteiger partial charge >= 0.3 is 0 Å². The number of carbonyl (C=O) groups excluding carboxylic acids is 1. The Balaban J connectivity index is 1.87. The van der Waals surface area contributed by atoms with Crippen LogP contribution in [0.2, 0.25) is 0 Å². The first-order chi connectivity index (χ1) is 10.6. The molecule has 0 aromatic heterocycles. The summed E-state index contributed by atoms with van der Waals surface area (Å²) >= 11 is 0. The number of amides is 1. The maximum Gasteiger partial charge on any atom is 0.251 e. The summed E-state index contributed by atoms with van der Waals surface area (Å²) < 4.78 is 5.75. The van der Waals surface area contributed by atoms with E-state index in [4.69, 9.17) is 4.74 Å². The number of hydrogen-bond acceptors (Lipinski definition) is 4. The first-order valence-electron chi connectivity index (χ1n) is 7.98. The van der Waals surface area contributed by atoms with E-state index in [0.29, 0.717) is 12.1 Å². The van der Waals surface area contributed by atoms with Gasteiger partial charge in [0.15, 0.2) is 0 Å². The van der Waals surface area contributed by atoms with Crippen LogP contribution < -0.4 is 10.6 Å². The normalized spacial score (nSPS) is 22.5. The van der Waals surface area contributed by atoms with Crippen LogP contribution in [0.15, 0.2) is 24.3 Å². The smallest absolute Gasteiger partial charge is 0.251 e. The second kappa shape index (κ2) is 8.27. The first kappa shape index (κ1) is 16.9. The van der Waals surface area contributed by atoms with E-state index in [-0.39, 0.29) is 18.1 Å². The molecule has 0 bridgehead atoms. The van der Waals surface area contributed by atoms with E-state index in [1.807, 2.05) is 31.3 Å². The van der Waals surface area contributed by atoms with E-state index < -0.39 is 0 Å². The lowest BCUT2D eigenvalue weighted by molar-refractivity contribution is -0.0704. The predicted molar refractivity (Wildman–Crippen MR) is 88.0 cm³/mol. The van der Waals surface area contributed by atoms with Crippen molar-refractivity contribution in [1.29, 1.82) is 0 Å². The number of carbonyl (C=O) groups is 1. The molecule has 1 amide bonds. The third-order valence-electron chi connectivity index (χ3n) is 3.78. The van der Waals surface area contributed by atoms with E-state index in [1.54, 1.807) is 0 Å². The highest BCUT2D eigenvalue weighted by Crippen LogP contribution is 2.14. The van der Waals surface area contributed by atoms with Gasteiger partial charge in [0.25, 0.3) is 5.91 Å². The maximum atomic E-state index is 11.9. The number of nitrogens with zero attached hydrogens (tertiary/aromatic N) is 1. The first-order valence-corrected chi connectivity index (χ1v) is 7.98. The average Bonchev–Trinajstić information content (AvgIpc) is 2.47. The number of hydrogen-bond donors (Lipinski definition) is 2. The fraction of sp³-hybridized carbons (Fsp3) is 0.588. The molecule has 22 heavy (non-hydrogen) atoms. The monoisotopic (exact) mass is 305 g/mol. The van der Waals surface area contributed by atoms with E-state index in [1.165, 1.54) is 5.56 Å². The number of ether oxygens (including phenoxy) is 1. The highest BCUT2D eigenvalue weighted by atomic mass is 16.5. The molecule has 2 N–H and O–H groups in total. The van der Waals surface area contributed by atoms with Gasteiger partial charge in [0.1, 0.15) is 0 Å². The molecule has 1 heterocycles. The minimum absolute atomic E-state index is 0.0181. The highest BCUT2D eigenvalue weighted by Gasteiger charge is 2.21. The molecule has 1 fully saturated rings. The van der Waals surface area contributed by atoms with E-state index >= 15 is 0 Å². The molecule has 0 aliphatic carbocycles. The van der Waals surface area contributed by atoms with Gasteiger partial charge in [-0.05, 0) is 38.6 Å². The van der Waals surface area contributed by atoms with Crippen molar-refractivity contribution >= 4 is 5.91 Å². The van der Waals surface area contributed by atoms with Crippen LogP contribution in [-0.4, -0.2) is 56.2 Å². The standard InChI is InChI=1S/C17H27N3O2/c1-13-10-20(11-14(2)22-13)12-15-4-6-16(7-5-15)17(21)19-9-8-18-3/h4-7,13-14,18H,8-12H2,1-3H3,(H,19,21). The van der Waals surface area contributed by atoms with E-state index in [2.05, 4.69) is 29.4 Å². The quantitative estimate of drug-likeness (QED) is 0.777. The van der Waals surface area contributed by atoms with Gasteiger partial charge in [0.2, 0.25) is 0 Å². The van der Waals surface area contributed by atoms with Gasteiger partial charge < -0.3 is 15.4 Å². The van der Waals surface area contributed by atoms with Gasteiger partial charge in [0, 0.05) is 38.3 Å². The zero-order valence-corrected chi connectivity index (χ0v) is 13.8. The summed E-state index contributed by atoms with van der Waals surface area (Å²) in [7, 11) is 1.87. The Bertz CT molecular complexity index is 465. The number of likely N-dealkylation sites (N-methyl/N-ethyl adjacent to an activating group) is 1. The second-order valence-corrected chi connectivity index (χ2v) is 6.01. The van der Waals surface area contributed by atoms with Crippen LogP contribution in [0.1, 0.15) is 29.8 Å². The minimum Gasteiger partial charge on any atom is -0.373 e. The maximum absolute atomic E-state index is 11.9. The van der Waals surface area contributed by atoms with Crippen LogP contribution in [0.5, 0.6) is 0 Å². The molecule has 5 nitrogen and oxygen atoms in total. The van der Waals surface area contributed by atoms with Crippen LogP contribution in [0.4, 0.5) is 0 Å². The van der Waals surface area contributed by atoms with Gasteiger partial charge in [-0.15, -0.1) is 0 Å². The van der Waals surface area contributed by atoms with Crippen molar-refractivity contribution in [2.24, 2.45) is 0 Å². The molecular formula is C17H27N3O2. The summed E-state index contributed by atoms with van der Waals surface area (Å²) in [5.41, 5.74) is 1.94. The molecule has 5 heteroatoms. The lowest BCUT2D eigenvalue weighted by Crippen LogP contribution is -2.44. The lowest BCUT2D eigenvalue weighted by Gasteiger charge is -2.35. The summed E-state index contributed by atoms with van der Waals surface area (Å²) in [5, 5.41) is 5.89. The second-order valence-electron chi connectivity index (χ2n) is 6.01. The van der Waals surface area contributed by atoms with Crippen molar-refractivity contribution < 1.29 is 9.53 Å². The summed E-state index contributed by atoms with van der Waals surface area (Å²) in [6.07, 6.45) is 0.557. The van der Waals surface area contributed by atoms with Crippen LogP contribution in [0.25, 0.3) is 0 Å². The summed E-state index contributed by atoms with van der Waals surface area (Å²) in [4.78, 5) is 14.3. The zero-order chi connectivity index (χ0) is 15.9. The fourth-order valence-electron chi connectivity index (χ4n) is 2.84. The molecular weight excluding hydrogens is 278 g/mol. The molecule has 1 aromatic rings. The third-order valence-corrected chi connectivity index (χ3v) is 3.78. The third kappa shape index (κ3) is 5.09. The average molecular weight is 305 g/mol. The molecule has 1 saturated heterocycles. The van der Waals surface area contributed by atoms with Crippen LogP contribution in [0.3, 0.4) is 0 Å². The van der Waals surface area contributed by atoms with Crippen molar-refractivity contribution in [2.45, 2.75) is 32.6 Å². The summed E-state index contributed by atoms with van der Waals surface area (Å²) in [6, 6.07) is 7.88. The SMILES string of the molecule is CNCCNC(=O)c1ccc(CN2CC(C)OC(C)C2)cc1. The number of rotatable bonds is 6. The van der Waals surface area contributed by atoms with Crippen molar-refractivity contribution in [3.63, 3.8) is 0 Å². The molecule has 122 valence electrons. The van der Waals surface area contributed by atoms with Crippen molar-refractivity contribution in [3.05, 3.63) is 35.4 Å². The molecule has 2 rings (SSSR count). The van der Waals surface area contributed by atoms with E-state index in [9.17, 15) is 4.79 Å². The number of benzene rings is 1. The Labute approximate surface area is 133 Å². The molecule has 1 aliphatic rings. The van der Waals surface area contributed by atoms with Crippen LogP contribution in [0, 0.1) is 0 Å². The largest absolute Gasteiger partial charge is 0.373 e. The molecule has 0 saturated carbocycles. The Morgan fingerprint density at radius 1 is 1.18 bits per heavy atom. The van der Waals surface area contributed by atoms with Crippen molar-refractivity contribution in [1.82, 2.24) is 15.5 Å². The predicted octanol–water partition coefficient (Wildman–Crippen LogP) is 1.25. The fourth-order valence-corrected chi connectivity index (χ4v) is 2.84. The molecule has 0 spiro atoms. The van der Waals surface area contributed by atoms with Gasteiger partial charge in [-0.2, -0.15) is 0 Å². The van der Waals surface area contributed by atoms with E-state index in [0.717, 1.165) is 26.2 Å². The Morgan fingerprint density at radius 2 is 1.82 bits per heavy atom. The summed E-state index contributed by atoms with van der Waals surface area (Å²) in [5.74, 6) is -0.0181. The van der Waals surface area contributed by atoms with Crippen LogP contribution in [-0.2, 0) is 11.3 Å². The molecule has 1 aromatic carbocycles. The Hall–Kier alpha value is -1.43. The van der Waals surface area contributed by atoms with Crippen molar-refractivity contribution in [3.8, 4) is 0 Å². The van der Waals surface area contributed by atoms with Crippen LogP contribution >= 0.6 is 0 Å². The van der Waals surface area contributed by atoms with Gasteiger partial charge in [-0.3, -0.25) is 9.69 Å². The molecule has 0 radical (unpaired) electrons. The number of nitrogens with one attached hydrogen (secondary N) is 2. The summed E-state index contributed by atoms with van der Waals surface area (Å²) in [6.45, 7) is 8.45. The van der Waals surface area contributed by atoms with Gasteiger partial charge in [-0.25, -0.2) is 0 Å². The van der Waals surface area contributed by atoms with Gasteiger partial charge in [-0.1, -0.05) is 12.1 Å².